The number of nitrogens with one attached hydrogen (secondary N) is 2. The number of halogens is 1. The first-order valence-electron chi connectivity index (χ1n) is 8.32. The summed E-state index contributed by atoms with van der Waals surface area (Å²) in [6.45, 7) is 1.92. The van der Waals surface area contributed by atoms with Crippen LogP contribution in [0.5, 0.6) is 0 Å². The summed E-state index contributed by atoms with van der Waals surface area (Å²) in [5.41, 5.74) is 1.81. The molecule has 1 fully saturated rings. The molecule has 1 aliphatic carbocycles. The molecule has 132 valence electrons. The molecule has 6 nitrogen and oxygen atoms in total. The molecule has 7 heteroatoms. The Hall–Kier alpha value is -2.34. The van der Waals surface area contributed by atoms with Crippen LogP contribution in [0, 0.1) is 6.92 Å². The third-order valence-electron chi connectivity index (χ3n) is 4.20. The molecule has 1 aliphatic rings. The highest BCUT2D eigenvalue weighted by molar-refractivity contribution is 6.33. The average Bonchev–Trinajstić information content (AvgIpc) is 3.08. The van der Waals surface area contributed by atoms with Gasteiger partial charge in [0.15, 0.2) is 0 Å². The number of aryl methyl sites for hydroxylation is 1. The van der Waals surface area contributed by atoms with Crippen LogP contribution in [-0.4, -0.2) is 29.1 Å². The van der Waals surface area contributed by atoms with Gasteiger partial charge in [-0.2, -0.15) is 4.98 Å². The fourth-order valence-corrected chi connectivity index (χ4v) is 3.13. The predicted molar refractivity (Wildman–Crippen MR) is 98.7 cm³/mol. The third-order valence-corrected chi connectivity index (χ3v) is 4.52. The average molecular weight is 361 g/mol. The summed E-state index contributed by atoms with van der Waals surface area (Å²) in [5, 5.41) is 7.03. The van der Waals surface area contributed by atoms with Crippen molar-refractivity contribution in [1.29, 1.82) is 0 Å². The third kappa shape index (κ3) is 4.39. The van der Waals surface area contributed by atoms with E-state index in [0.29, 0.717) is 28.3 Å². The van der Waals surface area contributed by atoms with E-state index in [1.54, 1.807) is 18.2 Å². The highest BCUT2D eigenvalue weighted by atomic mass is 35.5. The van der Waals surface area contributed by atoms with Crippen molar-refractivity contribution in [2.75, 3.05) is 17.7 Å². The topological polar surface area (TPSA) is 76.1 Å². The summed E-state index contributed by atoms with van der Waals surface area (Å²) in [7, 11) is 1.34. The molecule has 2 N–H and O–H groups in total. The Labute approximate surface area is 152 Å². The van der Waals surface area contributed by atoms with Crippen LogP contribution in [0.3, 0.4) is 0 Å². The van der Waals surface area contributed by atoms with E-state index in [-0.39, 0.29) is 0 Å². The first-order valence-corrected chi connectivity index (χ1v) is 8.70. The van der Waals surface area contributed by atoms with Crippen molar-refractivity contribution in [3.05, 3.63) is 40.5 Å². The first kappa shape index (κ1) is 17.5. The number of ether oxygens (including phenoxy) is 1. The summed E-state index contributed by atoms with van der Waals surface area (Å²) in [4.78, 5) is 20.6. The molecule has 0 amide bonds. The van der Waals surface area contributed by atoms with Crippen molar-refractivity contribution in [3.8, 4) is 0 Å². The van der Waals surface area contributed by atoms with Crippen molar-refractivity contribution in [3.63, 3.8) is 0 Å². The maximum Gasteiger partial charge on any atom is 0.337 e. The molecule has 0 spiro atoms. The van der Waals surface area contributed by atoms with Crippen LogP contribution in [0.1, 0.15) is 41.7 Å². The lowest BCUT2D eigenvalue weighted by Gasteiger charge is -2.15. The van der Waals surface area contributed by atoms with E-state index in [2.05, 4.69) is 20.6 Å². The molecule has 1 aromatic carbocycles. The van der Waals surface area contributed by atoms with Crippen LogP contribution in [0.15, 0.2) is 24.3 Å². The fraction of sp³-hybridized carbons (Fsp3) is 0.389. The molecule has 0 aliphatic heterocycles. The highest BCUT2D eigenvalue weighted by Gasteiger charge is 2.16. The van der Waals surface area contributed by atoms with Crippen molar-refractivity contribution >= 4 is 35.0 Å². The number of nitrogens with zero attached hydrogens (tertiary/aromatic N) is 2. The van der Waals surface area contributed by atoms with Gasteiger partial charge in [-0.05, 0) is 38.0 Å². The number of carbonyl (C=O) groups is 1. The van der Waals surface area contributed by atoms with Crippen LogP contribution in [0.4, 0.5) is 17.5 Å². The molecule has 0 radical (unpaired) electrons. The Morgan fingerprint density at radius 3 is 2.72 bits per heavy atom. The van der Waals surface area contributed by atoms with Gasteiger partial charge in [0.05, 0.1) is 23.4 Å². The van der Waals surface area contributed by atoms with Gasteiger partial charge in [-0.15, -0.1) is 0 Å². The molecular weight excluding hydrogens is 340 g/mol. The fourth-order valence-electron chi connectivity index (χ4n) is 2.96. The van der Waals surface area contributed by atoms with Crippen LogP contribution in [-0.2, 0) is 4.74 Å². The standard InChI is InChI=1S/C18H21ClN4O2/c1-11-9-16(21-13-5-3-4-6-13)23-18(20-11)22-15-10-12(17(24)25-2)7-8-14(15)19/h7-10,13H,3-6H2,1-2H3,(H2,20,21,22,23). The summed E-state index contributed by atoms with van der Waals surface area (Å²) in [6.07, 6.45) is 4.84. The van der Waals surface area contributed by atoms with E-state index in [1.165, 1.54) is 32.8 Å². The van der Waals surface area contributed by atoms with Crippen molar-refractivity contribution in [2.24, 2.45) is 0 Å². The predicted octanol–water partition coefficient (Wildman–Crippen LogP) is 4.32. The molecule has 0 bridgehead atoms. The molecule has 2 aromatic rings. The Morgan fingerprint density at radius 1 is 1.24 bits per heavy atom. The van der Waals surface area contributed by atoms with Crippen molar-refractivity contribution < 1.29 is 9.53 Å². The lowest BCUT2D eigenvalue weighted by atomic mass is 10.2. The first-order chi connectivity index (χ1) is 12.0. The van der Waals surface area contributed by atoms with Gasteiger partial charge in [0.25, 0.3) is 0 Å². The molecular formula is C18H21ClN4O2. The maximum absolute atomic E-state index is 11.7. The van der Waals surface area contributed by atoms with Gasteiger partial charge < -0.3 is 15.4 Å². The number of methoxy groups -OCH3 is 1. The minimum atomic E-state index is -0.423. The van der Waals surface area contributed by atoms with E-state index in [0.717, 1.165) is 11.5 Å². The second-order valence-corrected chi connectivity index (χ2v) is 6.56. The van der Waals surface area contributed by atoms with E-state index in [4.69, 9.17) is 16.3 Å². The van der Waals surface area contributed by atoms with Gasteiger partial charge in [-0.3, -0.25) is 0 Å². The smallest absolute Gasteiger partial charge is 0.337 e. The summed E-state index contributed by atoms with van der Waals surface area (Å²) >= 11 is 6.23. The lowest BCUT2D eigenvalue weighted by molar-refractivity contribution is 0.0601. The van der Waals surface area contributed by atoms with Gasteiger partial charge in [0.1, 0.15) is 5.82 Å². The molecule has 3 rings (SSSR count). The quantitative estimate of drug-likeness (QED) is 0.773. The minimum absolute atomic E-state index is 0.409. The summed E-state index contributed by atoms with van der Waals surface area (Å²) in [6, 6.07) is 7.28. The molecule has 1 saturated carbocycles. The molecule has 0 saturated heterocycles. The van der Waals surface area contributed by atoms with E-state index < -0.39 is 5.97 Å². The largest absolute Gasteiger partial charge is 0.465 e. The van der Waals surface area contributed by atoms with E-state index >= 15 is 0 Å². The number of esters is 1. The summed E-state index contributed by atoms with van der Waals surface area (Å²) < 4.78 is 4.74. The molecule has 0 atom stereocenters. The van der Waals surface area contributed by atoms with Gasteiger partial charge in [0.2, 0.25) is 5.95 Å². The van der Waals surface area contributed by atoms with Crippen LogP contribution in [0.25, 0.3) is 0 Å². The van der Waals surface area contributed by atoms with Gasteiger partial charge >= 0.3 is 5.97 Å². The number of hydrogen-bond donors (Lipinski definition) is 2. The van der Waals surface area contributed by atoms with Gasteiger partial charge in [-0.25, -0.2) is 9.78 Å². The van der Waals surface area contributed by atoms with Crippen LogP contribution >= 0.6 is 11.6 Å². The molecule has 1 heterocycles. The van der Waals surface area contributed by atoms with Gasteiger partial charge in [0, 0.05) is 17.8 Å². The van der Waals surface area contributed by atoms with Crippen LogP contribution in [0.2, 0.25) is 5.02 Å². The summed E-state index contributed by atoms with van der Waals surface area (Å²) in [5.74, 6) is 0.806. The zero-order chi connectivity index (χ0) is 17.8. The normalized spacial score (nSPS) is 14.4. The van der Waals surface area contributed by atoms with Gasteiger partial charge in [-0.1, -0.05) is 24.4 Å². The monoisotopic (exact) mass is 360 g/mol. The van der Waals surface area contributed by atoms with Crippen LogP contribution < -0.4 is 10.6 Å². The number of carbonyl (C=O) groups excluding carboxylic acids is 1. The maximum atomic E-state index is 11.7. The molecule has 0 unspecified atom stereocenters. The lowest BCUT2D eigenvalue weighted by Crippen LogP contribution is -2.16. The Morgan fingerprint density at radius 2 is 2.00 bits per heavy atom. The van der Waals surface area contributed by atoms with E-state index in [9.17, 15) is 4.79 Å². The van der Waals surface area contributed by atoms with E-state index in [1.807, 2.05) is 13.0 Å². The molecule has 1 aromatic heterocycles. The molecule has 25 heavy (non-hydrogen) atoms. The number of benzene rings is 1. The zero-order valence-electron chi connectivity index (χ0n) is 14.3. The van der Waals surface area contributed by atoms with Crippen molar-refractivity contribution in [1.82, 2.24) is 9.97 Å². The second kappa shape index (κ2) is 7.70. The number of hydrogen-bond acceptors (Lipinski definition) is 6. The second-order valence-electron chi connectivity index (χ2n) is 6.16. The number of rotatable bonds is 5. The number of anilines is 3. The highest BCUT2D eigenvalue weighted by Crippen LogP contribution is 2.27. The SMILES string of the molecule is COC(=O)c1ccc(Cl)c(Nc2nc(C)cc(NC3CCCC3)n2)c1. The zero-order valence-corrected chi connectivity index (χ0v) is 15.1. The Bertz CT molecular complexity index is 776. The van der Waals surface area contributed by atoms with Crippen molar-refractivity contribution in [2.45, 2.75) is 38.6 Å². The minimum Gasteiger partial charge on any atom is -0.465 e. The number of aromatic nitrogens is 2. The Balaban J connectivity index is 1.82. The Kier molecular flexibility index (Phi) is 5.38.